The van der Waals surface area contributed by atoms with Crippen molar-refractivity contribution in [3.05, 3.63) is 66.8 Å². The van der Waals surface area contributed by atoms with Crippen molar-refractivity contribution in [2.24, 2.45) is 11.8 Å². The van der Waals surface area contributed by atoms with E-state index in [4.69, 9.17) is 0 Å². The molecule has 12 heteroatoms. The van der Waals surface area contributed by atoms with Crippen LogP contribution in [0.2, 0.25) is 0 Å². The van der Waals surface area contributed by atoms with Crippen molar-refractivity contribution in [3.63, 3.8) is 0 Å². The molecule has 4 rings (SSSR count). The minimum absolute atomic E-state index is 0.0823. The topological polar surface area (TPSA) is 177 Å². The Hall–Kier alpha value is -4.19. The third kappa shape index (κ3) is 10.7. The van der Waals surface area contributed by atoms with E-state index in [-0.39, 0.29) is 25.3 Å². The predicted molar refractivity (Wildman–Crippen MR) is 182 cm³/mol. The van der Waals surface area contributed by atoms with E-state index in [1.165, 1.54) is 12.7 Å². The Labute approximate surface area is 283 Å². The fraction of sp³-hybridized carbons (Fsp3) is 0.583. The highest BCUT2D eigenvalue weighted by atomic mass is 16.4. The summed E-state index contributed by atoms with van der Waals surface area (Å²) >= 11 is 0. The van der Waals surface area contributed by atoms with Crippen molar-refractivity contribution in [1.29, 1.82) is 0 Å². The van der Waals surface area contributed by atoms with Crippen LogP contribution in [-0.2, 0) is 27.2 Å². The van der Waals surface area contributed by atoms with Gasteiger partial charge in [-0.25, -0.2) is 9.78 Å². The van der Waals surface area contributed by atoms with Crippen LogP contribution in [0.5, 0.6) is 0 Å². The highest BCUT2D eigenvalue weighted by Gasteiger charge is 2.37. The second kappa shape index (κ2) is 18.4. The monoisotopic (exact) mass is 664 g/mol. The van der Waals surface area contributed by atoms with Gasteiger partial charge in [0, 0.05) is 25.6 Å². The van der Waals surface area contributed by atoms with Gasteiger partial charge in [0.15, 0.2) is 0 Å². The third-order valence-corrected chi connectivity index (χ3v) is 9.82. The molecule has 262 valence electrons. The number of hydrogen-bond acceptors (Lipinski definition) is 6. The van der Waals surface area contributed by atoms with Crippen molar-refractivity contribution in [2.75, 3.05) is 6.54 Å². The molecule has 1 aromatic heterocycles. The lowest BCUT2D eigenvalue weighted by atomic mass is 9.82. The van der Waals surface area contributed by atoms with E-state index >= 15 is 0 Å². The van der Waals surface area contributed by atoms with Gasteiger partial charge in [0.2, 0.25) is 17.7 Å². The number of allylic oxidation sites excluding steroid dienone is 1. The highest BCUT2D eigenvalue weighted by molar-refractivity contribution is 5.94. The largest absolute Gasteiger partial charge is 0.465 e. The number of nitrogens with zero attached hydrogens (tertiary/aromatic N) is 2. The number of aromatic nitrogens is 2. The fourth-order valence-electron chi connectivity index (χ4n) is 6.97. The van der Waals surface area contributed by atoms with E-state index in [2.05, 4.69) is 32.5 Å². The van der Waals surface area contributed by atoms with Gasteiger partial charge in [0.1, 0.15) is 18.1 Å². The quantitative estimate of drug-likeness (QED) is 0.140. The molecule has 1 saturated carbocycles. The molecule has 2 aliphatic rings. The van der Waals surface area contributed by atoms with Crippen LogP contribution in [0.3, 0.4) is 0 Å². The summed E-state index contributed by atoms with van der Waals surface area (Å²) in [6, 6.07) is 5.63. The molecule has 0 bridgehead atoms. The third-order valence-electron chi connectivity index (χ3n) is 9.82. The number of hydrogen-bond donors (Lipinski definition) is 6. The molecule has 4 amide bonds. The van der Waals surface area contributed by atoms with E-state index in [1.807, 2.05) is 43.3 Å². The van der Waals surface area contributed by atoms with Gasteiger partial charge in [-0.1, -0.05) is 75.4 Å². The molecule has 6 N–H and O–H groups in total. The summed E-state index contributed by atoms with van der Waals surface area (Å²) < 4.78 is 0. The SMILES string of the molecule is C=C[C@H](CC)C[C@H](O)[C@H](CC1CCCCC1)NC(=O)[C@H](Cc1c[nH]cn1)NC(=O)[C@H](Cc1ccccc1)NC(=O)C1CCCN1C(=O)O. The summed E-state index contributed by atoms with van der Waals surface area (Å²) in [7, 11) is 0. The van der Waals surface area contributed by atoms with E-state index < -0.39 is 54.1 Å². The first-order valence-electron chi connectivity index (χ1n) is 17.4. The smallest absolute Gasteiger partial charge is 0.407 e. The van der Waals surface area contributed by atoms with Crippen LogP contribution in [-0.4, -0.2) is 85.7 Å². The van der Waals surface area contributed by atoms with E-state index in [0.29, 0.717) is 37.3 Å². The summed E-state index contributed by atoms with van der Waals surface area (Å²) in [4.78, 5) is 61.4. The van der Waals surface area contributed by atoms with Gasteiger partial charge in [0.25, 0.3) is 0 Å². The first-order chi connectivity index (χ1) is 23.2. The summed E-state index contributed by atoms with van der Waals surface area (Å²) in [5.41, 5.74) is 1.35. The Kier molecular flexibility index (Phi) is 14.0. The average Bonchev–Trinajstić information content (AvgIpc) is 3.80. The van der Waals surface area contributed by atoms with Crippen LogP contribution in [0.25, 0.3) is 0 Å². The number of carboxylic acid groups (broad SMARTS) is 1. The van der Waals surface area contributed by atoms with Crippen LogP contribution in [0, 0.1) is 11.8 Å². The molecule has 0 radical (unpaired) electrons. The zero-order valence-electron chi connectivity index (χ0n) is 28.0. The lowest BCUT2D eigenvalue weighted by molar-refractivity contribution is -0.133. The zero-order valence-corrected chi connectivity index (χ0v) is 28.0. The maximum absolute atomic E-state index is 14.1. The molecule has 2 aromatic rings. The van der Waals surface area contributed by atoms with E-state index in [9.17, 15) is 29.4 Å². The molecule has 48 heavy (non-hydrogen) atoms. The van der Waals surface area contributed by atoms with Crippen LogP contribution in [0.1, 0.15) is 82.4 Å². The molecular weight excluding hydrogens is 612 g/mol. The van der Waals surface area contributed by atoms with Gasteiger partial charge in [-0.05, 0) is 49.5 Å². The van der Waals surface area contributed by atoms with Crippen LogP contribution in [0.15, 0.2) is 55.5 Å². The second-order valence-electron chi connectivity index (χ2n) is 13.3. The van der Waals surface area contributed by atoms with Gasteiger partial charge in [-0.3, -0.25) is 19.3 Å². The summed E-state index contributed by atoms with van der Waals surface area (Å²) in [6.07, 6.45) is 11.6. The molecule has 1 saturated heterocycles. The van der Waals surface area contributed by atoms with Gasteiger partial charge in [0.05, 0.1) is 24.2 Å². The molecule has 12 nitrogen and oxygen atoms in total. The maximum atomic E-state index is 14.1. The molecule has 1 aliphatic heterocycles. The number of amides is 4. The Morgan fingerprint density at radius 3 is 2.35 bits per heavy atom. The van der Waals surface area contributed by atoms with Crippen molar-refractivity contribution < 1.29 is 29.4 Å². The summed E-state index contributed by atoms with van der Waals surface area (Å²) in [5, 5.41) is 29.7. The number of aliphatic hydroxyl groups excluding tert-OH is 1. The standard InChI is InChI=1S/C36H52N6O6/c1-3-24(4-2)20-32(43)28(18-25-12-7-5-8-13-25)39-34(45)30(21-27-22-37-23-38-27)40-33(44)29(19-26-14-9-6-10-15-26)41-35(46)31-16-11-17-42(31)36(47)48/h3,6,9-10,14-15,22-25,28-32,43H,1,4-5,7-8,11-13,16-21H2,2H3,(H,37,38)(H,39,45)(H,40,44)(H,41,46)(H,47,48)/t24-,28+,29+,30+,31?,32+/m1/s1. The lowest BCUT2D eigenvalue weighted by Gasteiger charge is -2.32. The Bertz CT molecular complexity index is 1330. The lowest BCUT2D eigenvalue weighted by Crippen LogP contribution is -2.59. The minimum Gasteiger partial charge on any atom is -0.465 e. The number of aliphatic hydroxyl groups is 1. The van der Waals surface area contributed by atoms with Gasteiger partial charge >= 0.3 is 6.09 Å². The number of carbonyl (C=O) groups is 4. The molecule has 1 aromatic carbocycles. The Morgan fingerprint density at radius 1 is 1.00 bits per heavy atom. The van der Waals surface area contributed by atoms with Crippen molar-refractivity contribution in [1.82, 2.24) is 30.8 Å². The van der Waals surface area contributed by atoms with Gasteiger partial charge in [-0.15, -0.1) is 6.58 Å². The molecule has 1 unspecified atom stereocenters. The first kappa shape index (κ1) is 36.6. The molecule has 1 aliphatic carbocycles. The van der Waals surface area contributed by atoms with Crippen LogP contribution in [0.4, 0.5) is 4.79 Å². The number of likely N-dealkylation sites (tertiary alicyclic amines) is 1. The first-order valence-corrected chi connectivity index (χ1v) is 17.4. The summed E-state index contributed by atoms with van der Waals surface area (Å²) in [5.74, 6) is -1.10. The predicted octanol–water partition coefficient (Wildman–Crippen LogP) is 3.73. The number of rotatable bonds is 17. The Morgan fingerprint density at radius 2 is 1.71 bits per heavy atom. The average molecular weight is 665 g/mol. The van der Waals surface area contributed by atoms with Gasteiger partial charge < -0.3 is 31.1 Å². The molecule has 0 spiro atoms. The zero-order chi connectivity index (χ0) is 34.5. The van der Waals surface area contributed by atoms with E-state index in [1.54, 1.807) is 6.20 Å². The molecular formula is C36H52N6O6. The fourth-order valence-corrected chi connectivity index (χ4v) is 6.97. The van der Waals surface area contributed by atoms with Crippen molar-refractivity contribution in [2.45, 2.75) is 114 Å². The van der Waals surface area contributed by atoms with Crippen molar-refractivity contribution >= 4 is 23.8 Å². The maximum Gasteiger partial charge on any atom is 0.407 e. The number of benzene rings is 1. The normalized spacial score (nSPS) is 19.8. The number of aromatic amines is 1. The van der Waals surface area contributed by atoms with Crippen LogP contribution >= 0.6 is 0 Å². The Balaban J connectivity index is 1.55. The van der Waals surface area contributed by atoms with E-state index in [0.717, 1.165) is 42.6 Å². The van der Waals surface area contributed by atoms with Crippen LogP contribution < -0.4 is 16.0 Å². The van der Waals surface area contributed by atoms with Crippen molar-refractivity contribution in [3.8, 4) is 0 Å². The molecule has 6 atom stereocenters. The number of H-pyrrole nitrogens is 1. The highest BCUT2D eigenvalue weighted by Crippen LogP contribution is 2.29. The van der Waals surface area contributed by atoms with Gasteiger partial charge in [-0.2, -0.15) is 0 Å². The molecule has 2 fully saturated rings. The molecule has 2 heterocycles. The second-order valence-corrected chi connectivity index (χ2v) is 13.3. The number of carbonyl (C=O) groups excluding carboxylic acids is 3. The number of nitrogens with one attached hydrogen (secondary N) is 4. The number of imidazole rings is 1. The summed E-state index contributed by atoms with van der Waals surface area (Å²) in [6.45, 7) is 6.20. The minimum atomic E-state index is -1.18.